The Bertz CT molecular complexity index is 1220. The number of anilines is 1. The Hall–Kier alpha value is -2.53. The highest BCUT2D eigenvalue weighted by molar-refractivity contribution is 7.89. The number of amides is 1. The van der Waals surface area contributed by atoms with E-state index < -0.39 is 10.0 Å². The summed E-state index contributed by atoms with van der Waals surface area (Å²) < 4.78 is 34.6. The van der Waals surface area contributed by atoms with Gasteiger partial charge in [0.1, 0.15) is 11.6 Å². The molecule has 1 fully saturated rings. The van der Waals surface area contributed by atoms with E-state index in [9.17, 15) is 13.2 Å². The molecule has 1 aliphatic heterocycles. The molecule has 32 heavy (non-hydrogen) atoms. The Kier molecular flexibility index (Phi) is 6.75. The van der Waals surface area contributed by atoms with Gasteiger partial charge in [-0.05, 0) is 37.3 Å². The van der Waals surface area contributed by atoms with Crippen LogP contribution in [0.3, 0.4) is 0 Å². The van der Waals surface area contributed by atoms with Gasteiger partial charge in [-0.2, -0.15) is 4.31 Å². The van der Waals surface area contributed by atoms with Crippen LogP contribution in [0, 0.1) is 0 Å². The molecule has 1 aliphatic rings. The second-order valence-corrected chi connectivity index (χ2v) is 9.72. The lowest BCUT2D eigenvalue weighted by atomic mass is 10.2. The summed E-state index contributed by atoms with van der Waals surface area (Å²) in [4.78, 5) is 21.2. The number of hydrogen-bond acceptors (Lipinski definition) is 6. The van der Waals surface area contributed by atoms with Gasteiger partial charge in [-0.15, -0.1) is 0 Å². The maximum Gasteiger partial charge on any atom is 0.243 e. The highest BCUT2D eigenvalue weighted by atomic mass is 35.5. The van der Waals surface area contributed by atoms with Crippen molar-refractivity contribution in [3.8, 4) is 0 Å². The van der Waals surface area contributed by atoms with Crippen molar-refractivity contribution in [2.45, 2.75) is 31.2 Å². The number of imidazole rings is 1. The number of carbonyl (C=O) groups excluding carboxylic acids is 1. The molecule has 1 N–H and O–H groups in total. The molecule has 4 rings (SSSR count). The van der Waals surface area contributed by atoms with Crippen molar-refractivity contribution >= 4 is 44.4 Å². The summed E-state index contributed by atoms with van der Waals surface area (Å²) in [6.07, 6.45) is 2.09. The van der Waals surface area contributed by atoms with E-state index >= 15 is 0 Å². The maximum absolute atomic E-state index is 13.0. The molecular weight excluding hydrogens is 454 g/mol. The van der Waals surface area contributed by atoms with Crippen molar-refractivity contribution in [2.24, 2.45) is 0 Å². The van der Waals surface area contributed by atoms with Crippen LogP contribution in [0.4, 0.5) is 5.82 Å². The lowest BCUT2D eigenvalue weighted by molar-refractivity contribution is -0.116. The normalized spacial score (nSPS) is 15.2. The average Bonchev–Trinajstić information content (AvgIpc) is 3.16. The fourth-order valence-electron chi connectivity index (χ4n) is 3.68. The molecule has 2 aromatic heterocycles. The first-order valence-corrected chi connectivity index (χ1v) is 12.2. The first kappa shape index (κ1) is 22.7. The third-order valence-corrected chi connectivity index (χ3v) is 7.41. The number of morpholine rings is 1. The van der Waals surface area contributed by atoms with Gasteiger partial charge in [0.05, 0.1) is 34.2 Å². The number of nitrogens with one attached hydrogen (secondary N) is 1. The summed E-state index contributed by atoms with van der Waals surface area (Å²) in [5.41, 5.74) is 1.43. The van der Waals surface area contributed by atoms with Gasteiger partial charge in [0.25, 0.3) is 0 Å². The molecular formula is C21H24ClN5O4S. The summed E-state index contributed by atoms with van der Waals surface area (Å²) in [6.45, 7) is 4.11. The van der Waals surface area contributed by atoms with E-state index in [1.165, 1.54) is 10.5 Å². The number of aromatic nitrogens is 3. The topological polar surface area (TPSA) is 106 Å². The van der Waals surface area contributed by atoms with Crippen LogP contribution in [0.15, 0.2) is 41.4 Å². The van der Waals surface area contributed by atoms with Crippen LogP contribution in [-0.4, -0.2) is 59.5 Å². The molecule has 1 amide bonds. The first-order chi connectivity index (χ1) is 15.4. The maximum atomic E-state index is 13.0. The molecule has 3 aromatic rings. The second kappa shape index (κ2) is 9.53. The minimum atomic E-state index is -3.60. The predicted molar refractivity (Wildman–Crippen MR) is 121 cm³/mol. The molecule has 0 bridgehead atoms. The fourth-order valence-corrected chi connectivity index (χ4v) is 5.22. The number of ether oxygens (including phenoxy) is 1. The lowest BCUT2D eigenvalue weighted by Gasteiger charge is -2.26. The van der Waals surface area contributed by atoms with E-state index in [1.807, 2.05) is 11.5 Å². The second-order valence-electron chi connectivity index (χ2n) is 7.35. The molecule has 0 spiro atoms. The predicted octanol–water partition coefficient (Wildman–Crippen LogP) is 2.70. The molecule has 1 aromatic carbocycles. The van der Waals surface area contributed by atoms with Crippen molar-refractivity contribution < 1.29 is 17.9 Å². The van der Waals surface area contributed by atoms with Gasteiger partial charge in [-0.3, -0.25) is 4.79 Å². The van der Waals surface area contributed by atoms with Crippen LogP contribution < -0.4 is 5.32 Å². The number of sulfonamides is 1. The van der Waals surface area contributed by atoms with Gasteiger partial charge < -0.3 is 14.6 Å². The Morgan fingerprint density at radius 1 is 1.22 bits per heavy atom. The van der Waals surface area contributed by atoms with Gasteiger partial charge >= 0.3 is 0 Å². The SMILES string of the molecule is CCn1c(CCC(=O)Nc2ccc(Cl)cn2)nc2cc(S(=O)(=O)N3CCOCC3)ccc21. The van der Waals surface area contributed by atoms with Gasteiger partial charge in [0.15, 0.2) is 0 Å². The summed E-state index contributed by atoms with van der Waals surface area (Å²) in [6, 6.07) is 8.29. The Balaban J connectivity index is 1.52. The van der Waals surface area contributed by atoms with E-state index in [-0.39, 0.29) is 17.2 Å². The fraction of sp³-hybridized carbons (Fsp3) is 0.381. The number of nitrogens with zero attached hydrogens (tertiary/aromatic N) is 4. The number of carbonyl (C=O) groups is 1. The van der Waals surface area contributed by atoms with Crippen molar-refractivity contribution in [3.05, 3.63) is 47.4 Å². The Morgan fingerprint density at radius 3 is 2.69 bits per heavy atom. The number of rotatable bonds is 7. The van der Waals surface area contributed by atoms with Crippen LogP contribution in [-0.2, 0) is 32.5 Å². The zero-order chi connectivity index (χ0) is 22.7. The number of fused-ring (bicyclic) bond motifs is 1. The van der Waals surface area contributed by atoms with Crippen LogP contribution in [0.1, 0.15) is 19.2 Å². The smallest absolute Gasteiger partial charge is 0.243 e. The molecule has 0 saturated carbocycles. The first-order valence-electron chi connectivity index (χ1n) is 10.4. The minimum Gasteiger partial charge on any atom is -0.379 e. The standard InChI is InChI=1S/C21H24ClN5O4S/c1-2-27-18-5-4-16(32(29,30)26-9-11-31-12-10-26)13-17(18)24-20(27)7-8-21(28)25-19-6-3-15(22)14-23-19/h3-6,13-14H,2,7-12H2,1H3,(H,23,25,28). The number of pyridine rings is 1. The molecule has 3 heterocycles. The van der Waals surface area contributed by atoms with E-state index in [1.54, 1.807) is 30.3 Å². The monoisotopic (exact) mass is 477 g/mol. The molecule has 0 unspecified atom stereocenters. The quantitative estimate of drug-likeness (QED) is 0.560. The number of halogens is 1. The van der Waals surface area contributed by atoms with E-state index in [0.29, 0.717) is 55.6 Å². The van der Waals surface area contributed by atoms with E-state index in [4.69, 9.17) is 16.3 Å². The van der Waals surface area contributed by atoms with Crippen LogP contribution >= 0.6 is 11.6 Å². The van der Waals surface area contributed by atoms with Crippen LogP contribution in [0.5, 0.6) is 0 Å². The van der Waals surface area contributed by atoms with Gasteiger partial charge in [0.2, 0.25) is 15.9 Å². The highest BCUT2D eigenvalue weighted by Gasteiger charge is 2.27. The highest BCUT2D eigenvalue weighted by Crippen LogP contribution is 2.24. The Labute approximate surface area is 191 Å². The molecule has 11 heteroatoms. The molecule has 1 saturated heterocycles. The molecule has 0 atom stereocenters. The third-order valence-electron chi connectivity index (χ3n) is 5.29. The van der Waals surface area contributed by atoms with Crippen LogP contribution in [0.25, 0.3) is 11.0 Å². The van der Waals surface area contributed by atoms with E-state index in [2.05, 4.69) is 15.3 Å². The van der Waals surface area contributed by atoms with Crippen molar-refractivity contribution in [1.29, 1.82) is 0 Å². The molecule has 170 valence electrons. The number of aryl methyl sites for hydroxylation is 2. The van der Waals surface area contributed by atoms with E-state index in [0.717, 1.165) is 11.3 Å². The largest absolute Gasteiger partial charge is 0.379 e. The molecule has 9 nitrogen and oxygen atoms in total. The van der Waals surface area contributed by atoms with Gasteiger partial charge in [0, 0.05) is 38.7 Å². The Morgan fingerprint density at radius 2 is 2.00 bits per heavy atom. The van der Waals surface area contributed by atoms with Crippen LogP contribution in [0.2, 0.25) is 5.02 Å². The van der Waals surface area contributed by atoms with Crippen molar-refractivity contribution in [2.75, 3.05) is 31.6 Å². The third kappa shape index (κ3) is 4.78. The summed E-state index contributed by atoms with van der Waals surface area (Å²) in [5, 5.41) is 3.23. The zero-order valence-electron chi connectivity index (χ0n) is 17.6. The lowest BCUT2D eigenvalue weighted by Crippen LogP contribution is -2.40. The molecule has 0 radical (unpaired) electrons. The van der Waals surface area contributed by atoms with Crippen molar-refractivity contribution in [3.63, 3.8) is 0 Å². The minimum absolute atomic E-state index is 0.190. The number of hydrogen-bond donors (Lipinski definition) is 1. The zero-order valence-corrected chi connectivity index (χ0v) is 19.2. The average molecular weight is 478 g/mol. The van der Waals surface area contributed by atoms with Gasteiger partial charge in [-0.25, -0.2) is 18.4 Å². The molecule has 0 aliphatic carbocycles. The van der Waals surface area contributed by atoms with Crippen molar-refractivity contribution in [1.82, 2.24) is 18.8 Å². The summed E-state index contributed by atoms with van der Waals surface area (Å²) >= 11 is 5.81. The summed E-state index contributed by atoms with van der Waals surface area (Å²) in [5.74, 6) is 0.967. The van der Waals surface area contributed by atoms with Gasteiger partial charge in [-0.1, -0.05) is 11.6 Å². The summed E-state index contributed by atoms with van der Waals surface area (Å²) in [7, 11) is -3.60. The number of benzene rings is 1.